The van der Waals surface area contributed by atoms with Gasteiger partial charge in [0, 0.05) is 13.1 Å². The van der Waals surface area contributed by atoms with Crippen molar-refractivity contribution in [2.24, 2.45) is 5.92 Å². The molecule has 0 spiro atoms. The van der Waals surface area contributed by atoms with Crippen LogP contribution >= 0.6 is 0 Å². The van der Waals surface area contributed by atoms with Crippen molar-refractivity contribution in [3.05, 3.63) is 0 Å². The van der Waals surface area contributed by atoms with Gasteiger partial charge in [-0.3, -0.25) is 0 Å². The molecule has 1 rings (SSSR count). The Labute approximate surface area is 95.4 Å². The lowest BCUT2D eigenvalue weighted by Crippen LogP contribution is -2.29. The molecule has 1 aliphatic carbocycles. The van der Waals surface area contributed by atoms with Crippen LogP contribution in [0.4, 0.5) is 0 Å². The molecule has 2 nitrogen and oxygen atoms in total. The summed E-state index contributed by atoms with van der Waals surface area (Å²) in [5, 5.41) is 3.53. The second-order valence-corrected chi connectivity index (χ2v) is 4.94. The normalized spacial score (nSPS) is 17.8. The van der Waals surface area contributed by atoms with E-state index in [1.807, 2.05) is 0 Å². The summed E-state index contributed by atoms with van der Waals surface area (Å²) in [5.74, 6) is 1.06. The van der Waals surface area contributed by atoms with Gasteiger partial charge in [0.25, 0.3) is 0 Å². The van der Waals surface area contributed by atoms with Gasteiger partial charge in [0.2, 0.25) is 0 Å². The van der Waals surface area contributed by atoms with Crippen LogP contribution in [0.3, 0.4) is 0 Å². The van der Waals surface area contributed by atoms with Crippen LogP contribution in [0.2, 0.25) is 0 Å². The highest BCUT2D eigenvalue weighted by Crippen LogP contribution is 2.28. The van der Waals surface area contributed by atoms with Gasteiger partial charge in [0.1, 0.15) is 0 Å². The Kier molecular flexibility index (Phi) is 7.03. The molecular weight excluding hydrogens is 184 g/mol. The summed E-state index contributed by atoms with van der Waals surface area (Å²) in [6, 6.07) is 0. The van der Waals surface area contributed by atoms with Crippen LogP contribution < -0.4 is 5.32 Å². The molecule has 0 bridgehead atoms. The fourth-order valence-corrected chi connectivity index (χ4v) is 2.37. The molecule has 0 aromatic rings. The van der Waals surface area contributed by atoms with E-state index >= 15 is 0 Å². The summed E-state index contributed by atoms with van der Waals surface area (Å²) in [4.78, 5) is 2.35. The molecule has 90 valence electrons. The zero-order valence-electron chi connectivity index (χ0n) is 10.6. The van der Waals surface area contributed by atoms with Crippen LogP contribution in [0.25, 0.3) is 0 Å². The second kappa shape index (κ2) is 8.12. The molecule has 0 aromatic carbocycles. The van der Waals surface area contributed by atoms with Gasteiger partial charge < -0.3 is 10.2 Å². The van der Waals surface area contributed by atoms with Crippen molar-refractivity contribution in [3.63, 3.8) is 0 Å². The number of nitrogens with zero attached hydrogens (tertiary/aromatic N) is 1. The first-order valence-corrected chi connectivity index (χ1v) is 6.72. The van der Waals surface area contributed by atoms with Crippen molar-refractivity contribution in [1.82, 2.24) is 10.2 Å². The Bertz CT molecular complexity index is 141. The highest BCUT2D eigenvalue weighted by Gasteiger charge is 2.13. The van der Waals surface area contributed by atoms with Gasteiger partial charge in [-0.2, -0.15) is 0 Å². The lowest BCUT2D eigenvalue weighted by atomic mass is 10.0. The maximum Gasteiger partial charge on any atom is 0.0104 e. The van der Waals surface area contributed by atoms with Crippen LogP contribution in [0.15, 0.2) is 0 Å². The van der Waals surface area contributed by atoms with Gasteiger partial charge in [-0.1, -0.05) is 32.6 Å². The average molecular weight is 212 g/mol. The zero-order chi connectivity index (χ0) is 10.9. The molecule has 0 aromatic heterocycles. The van der Waals surface area contributed by atoms with Gasteiger partial charge in [0.05, 0.1) is 0 Å². The molecule has 1 N–H and O–H groups in total. The lowest BCUT2D eigenvalue weighted by Gasteiger charge is -2.14. The molecule has 0 atom stereocenters. The predicted molar refractivity (Wildman–Crippen MR) is 67.2 cm³/mol. The van der Waals surface area contributed by atoms with Crippen LogP contribution in [0.5, 0.6) is 0 Å². The third-order valence-corrected chi connectivity index (χ3v) is 3.65. The number of nitrogens with one attached hydrogen (secondary N) is 1. The first-order valence-electron chi connectivity index (χ1n) is 6.72. The first kappa shape index (κ1) is 13.0. The Balaban J connectivity index is 1.80. The molecule has 0 heterocycles. The van der Waals surface area contributed by atoms with Gasteiger partial charge in [-0.25, -0.2) is 0 Å². The molecule has 2 heteroatoms. The lowest BCUT2D eigenvalue weighted by molar-refractivity contribution is 0.347. The monoisotopic (exact) mass is 212 g/mol. The zero-order valence-corrected chi connectivity index (χ0v) is 10.6. The summed E-state index contributed by atoms with van der Waals surface area (Å²) in [5.41, 5.74) is 0. The fourth-order valence-electron chi connectivity index (χ4n) is 2.37. The van der Waals surface area contributed by atoms with Gasteiger partial charge in [0.15, 0.2) is 0 Å². The van der Waals surface area contributed by atoms with Crippen LogP contribution in [-0.2, 0) is 0 Å². The van der Waals surface area contributed by atoms with E-state index in [0.29, 0.717) is 0 Å². The van der Waals surface area contributed by atoms with Crippen molar-refractivity contribution in [3.8, 4) is 0 Å². The van der Waals surface area contributed by atoms with E-state index in [1.165, 1.54) is 51.6 Å². The van der Waals surface area contributed by atoms with Crippen molar-refractivity contribution < 1.29 is 0 Å². The minimum atomic E-state index is 1.06. The standard InChI is InChI=1S/C13H28N2/c1-3-15(2)12-11-14-10-6-9-13-7-4-5-8-13/h13-14H,3-12H2,1-2H3. The molecular formula is C13H28N2. The predicted octanol–water partition coefficient (Wildman–Crippen LogP) is 2.50. The quantitative estimate of drug-likeness (QED) is 0.622. The third kappa shape index (κ3) is 6.16. The summed E-state index contributed by atoms with van der Waals surface area (Å²) < 4.78 is 0. The number of likely N-dealkylation sites (N-methyl/N-ethyl adjacent to an activating group) is 1. The second-order valence-electron chi connectivity index (χ2n) is 4.94. The van der Waals surface area contributed by atoms with E-state index in [4.69, 9.17) is 0 Å². The Morgan fingerprint density at radius 3 is 2.60 bits per heavy atom. The summed E-state index contributed by atoms with van der Waals surface area (Å²) in [6.07, 6.45) is 8.80. The molecule has 0 amide bonds. The van der Waals surface area contributed by atoms with Crippen molar-refractivity contribution in [1.29, 1.82) is 0 Å². The summed E-state index contributed by atoms with van der Waals surface area (Å²) in [7, 11) is 2.18. The highest BCUT2D eigenvalue weighted by molar-refractivity contribution is 4.67. The van der Waals surface area contributed by atoms with Crippen molar-refractivity contribution in [2.75, 3.05) is 33.2 Å². The molecule has 1 fully saturated rings. The van der Waals surface area contributed by atoms with Gasteiger partial charge in [-0.15, -0.1) is 0 Å². The van der Waals surface area contributed by atoms with Crippen LogP contribution in [0.1, 0.15) is 45.4 Å². The maximum absolute atomic E-state index is 3.53. The van der Waals surface area contributed by atoms with Gasteiger partial charge >= 0.3 is 0 Å². The SMILES string of the molecule is CCN(C)CCNCCCC1CCCC1. The van der Waals surface area contributed by atoms with Crippen LogP contribution in [-0.4, -0.2) is 38.1 Å². The Morgan fingerprint density at radius 1 is 1.20 bits per heavy atom. The summed E-state index contributed by atoms with van der Waals surface area (Å²) in [6.45, 7) is 6.91. The molecule has 1 aliphatic rings. The Morgan fingerprint density at radius 2 is 1.93 bits per heavy atom. The molecule has 0 unspecified atom stereocenters. The minimum Gasteiger partial charge on any atom is -0.315 e. The molecule has 0 aliphatic heterocycles. The van der Waals surface area contributed by atoms with E-state index in [0.717, 1.165) is 19.0 Å². The number of rotatable bonds is 8. The van der Waals surface area contributed by atoms with Crippen LogP contribution in [0, 0.1) is 5.92 Å². The molecule has 15 heavy (non-hydrogen) atoms. The van der Waals surface area contributed by atoms with E-state index in [1.54, 1.807) is 0 Å². The van der Waals surface area contributed by atoms with E-state index in [2.05, 4.69) is 24.2 Å². The molecule has 0 saturated heterocycles. The summed E-state index contributed by atoms with van der Waals surface area (Å²) >= 11 is 0. The highest BCUT2D eigenvalue weighted by atomic mass is 15.1. The minimum absolute atomic E-state index is 1.06. The molecule has 0 radical (unpaired) electrons. The first-order chi connectivity index (χ1) is 7.33. The largest absolute Gasteiger partial charge is 0.315 e. The number of hydrogen-bond acceptors (Lipinski definition) is 2. The van der Waals surface area contributed by atoms with E-state index in [-0.39, 0.29) is 0 Å². The molecule has 1 saturated carbocycles. The van der Waals surface area contributed by atoms with Crippen molar-refractivity contribution in [2.45, 2.75) is 45.4 Å². The smallest absolute Gasteiger partial charge is 0.0104 e. The van der Waals surface area contributed by atoms with Gasteiger partial charge in [-0.05, 0) is 38.9 Å². The number of hydrogen-bond donors (Lipinski definition) is 1. The average Bonchev–Trinajstić information content (AvgIpc) is 2.75. The maximum atomic E-state index is 3.53. The fraction of sp³-hybridized carbons (Fsp3) is 1.00. The van der Waals surface area contributed by atoms with E-state index < -0.39 is 0 Å². The topological polar surface area (TPSA) is 15.3 Å². The third-order valence-electron chi connectivity index (χ3n) is 3.65. The van der Waals surface area contributed by atoms with E-state index in [9.17, 15) is 0 Å². The van der Waals surface area contributed by atoms with Crippen molar-refractivity contribution >= 4 is 0 Å². The Hall–Kier alpha value is -0.0800.